The van der Waals surface area contributed by atoms with Crippen LogP contribution in [0.4, 0.5) is 10.1 Å². The molecule has 2 N–H and O–H groups in total. The summed E-state index contributed by atoms with van der Waals surface area (Å²) in [5.74, 6) is -0.0273. The highest BCUT2D eigenvalue weighted by Gasteiger charge is 2.16. The van der Waals surface area contributed by atoms with Gasteiger partial charge in [0.05, 0.1) is 12.3 Å². The molecule has 1 aliphatic rings. The number of anilines is 1. The Morgan fingerprint density at radius 2 is 2.16 bits per heavy atom. The van der Waals surface area contributed by atoms with Gasteiger partial charge in [0, 0.05) is 36.1 Å². The van der Waals surface area contributed by atoms with E-state index < -0.39 is 5.82 Å². The van der Waals surface area contributed by atoms with Gasteiger partial charge >= 0.3 is 0 Å². The lowest BCUT2D eigenvalue weighted by Crippen LogP contribution is -2.23. The number of nitrogens with zero attached hydrogens (tertiary/aromatic N) is 2. The van der Waals surface area contributed by atoms with Crippen LogP contribution < -0.4 is 15.4 Å². The standard InChI is InChI=1S/C24H27FN4O2/c1-16-5-6-17(14-21(16)25)24(30)28-19-7-8-23(31-13-10-18-4-3-11-26-18)20(15-19)22-9-12-27-29(22)2/h5-9,12,14-15,18,26H,3-4,10-11,13H2,1-2H3,(H,28,30). The molecule has 0 bridgehead atoms. The molecule has 3 aromatic rings. The minimum Gasteiger partial charge on any atom is -0.493 e. The fraction of sp³-hybridized carbons (Fsp3) is 0.333. The highest BCUT2D eigenvalue weighted by atomic mass is 19.1. The molecule has 0 radical (unpaired) electrons. The molecule has 6 nitrogen and oxygen atoms in total. The zero-order valence-electron chi connectivity index (χ0n) is 17.8. The van der Waals surface area contributed by atoms with Crippen molar-refractivity contribution >= 4 is 11.6 Å². The Bertz CT molecular complexity index is 1070. The maximum absolute atomic E-state index is 13.8. The maximum Gasteiger partial charge on any atom is 0.255 e. The van der Waals surface area contributed by atoms with Crippen LogP contribution in [0.1, 0.15) is 35.2 Å². The molecule has 1 fully saturated rings. The minimum atomic E-state index is -0.399. The van der Waals surface area contributed by atoms with E-state index in [0.29, 0.717) is 23.9 Å². The normalized spacial score (nSPS) is 15.8. The molecule has 1 unspecified atom stereocenters. The summed E-state index contributed by atoms with van der Waals surface area (Å²) < 4.78 is 21.7. The molecule has 1 atom stereocenters. The number of hydrogen-bond donors (Lipinski definition) is 2. The average Bonchev–Trinajstić information content (AvgIpc) is 3.42. The molecular weight excluding hydrogens is 395 g/mol. The Balaban J connectivity index is 1.54. The number of aryl methyl sites for hydroxylation is 2. The van der Waals surface area contributed by atoms with Crippen LogP contribution in [0.3, 0.4) is 0 Å². The van der Waals surface area contributed by atoms with Gasteiger partial charge in [0.1, 0.15) is 11.6 Å². The SMILES string of the molecule is Cc1ccc(C(=O)Nc2ccc(OCCC3CCCN3)c(-c3ccnn3C)c2)cc1F. The second-order valence-corrected chi connectivity index (χ2v) is 7.90. The summed E-state index contributed by atoms with van der Waals surface area (Å²) in [6.07, 6.45) is 5.07. The smallest absolute Gasteiger partial charge is 0.255 e. The van der Waals surface area contributed by atoms with Crippen molar-refractivity contribution in [3.8, 4) is 17.0 Å². The lowest BCUT2D eigenvalue weighted by Gasteiger charge is -2.16. The van der Waals surface area contributed by atoms with Crippen LogP contribution in [-0.2, 0) is 7.05 Å². The first-order valence-corrected chi connectivity index (χ1v) is 10.6. The van der Waals surface area contributed by atoms with Gasteiger partial charge in [-0.15, -0.1) is 0 Å². The second-order valence-electron chi connectivity index (χ2n) is 7.90. The van der Waals surface area contributed by atoms with E-state index in [1.165, 1.54) is 18.9 Å². The summed E-state index contributed by atoms with van der Waals surface area (Å²) in [6.45, 7) is 3.35. The summed E-state index contributed by atoms with van der Waals surface area (Å²) in [7, 11) is 1.86. The number of benzene rings is 2. The van der Waals surface area contributed by atoms with Gasteiger partial charge in [-0.25, -0.2) is 4.39 Å². The van der Waals surface area contributed by atoms with Crippen molar-refractivity contribution in [3.63, 3.8) is 0 Å². The van der Waals surface area contributed by atoms with Crippen molar-refractivity contribution < 1.29 is 13.9 Å². The molecule has 31 heavy (non-hydrogen) atoms. The van der Waals surface area contributed by atoms with Crippen LogP contribution in [-0.4, -0.2) is 34.9 Å². The highest BCUT2D eigenvalue weighted by molar-refractivity contribution is 6.04. The van der Waals surface area contributed by atoms with E-state index in [4.69, 9.17) is 4.74 Å². The average molecular weight is 423 g/mol. The number of carbonyl (C=O) groups is 1. The Morgan fingerprint density at radius 3 is 2.87 bits per heavy atom. The van der Waals surface area contributed by atoms with Gasteiger partial charge in [-0.1, -0.05) is 6.07 Å². The predicted molar refractivity (Wildman–Crippen MR) is 119 cm³/mol. The van der Waals surface area contributed by atoms with E-state index in [1.807, 2.05) is 25.2 Å². The van der Waals surface area contributed by atoms with Gasteiger partial charge in [-0.05, 0) is 74.7 Å². The van der Waals surface area contributed by atoms with E-state index >= 15 is 0 Å². The van der Waals surface area contributed by atoms with E-state index in [0.717, 1.165) is 30.0 Å². The topological polar surface area (TPSA) is 68.2 Å². The molecule has 1 aromatic heterocycles. The molecule has 7 heteroatoms. The van der Waals surface area contributed by atoms with Crippen LogP contribution in [0.2, 0.25) is 0 Å². The second kappa shape index (κ2) is 9.31. The van der Waals surface area contributed by atoms with Gasteiger partial charge < -0.3 is 15.4 Å². The van der Waals surface area contributed by atoms with E-state index in [-0.39, 0.29) is 11.5 Å². The molecule has 2 heterocycles. The van der Waals surface area contributed by atoms with Crippen LogP contribution in [0.25, 0.3) is 11.3 Å². The Kier molecular flexibility index (Phi) is 6.32. The van der Waals surface area contributed by atoms with Gasteiger partial charge in [0.2, 0.25) is 0 Å². The Morgan fingerprint density at radius 1 is 1.29 bits per heavy atom. The Hall–Kier alpha value is -3.19. The van der Waals surface area contributed by atoms with Crippen molar-refractivity contribution in [3.05, 3.63) is 65.6 Å². The number of ether oxygens (including phenoxy) is 1. The number of aromatic nitrogens is 2. The van der Waals surface area contributed by atoms with Crippen LogP contribution in [0.5, 0.6) is 5.75 Å². The van der Waals surface area contributed by atoms with Crippen LogP contribution in [0, 0.1) is 12.7 Å². The summed E-state index contributed by atoms with van der Waals surface area (Å²) >= 11 is 0. The highest BCUT2D eigenvalue weighted by Crippen LogP contribution is 2.33. The third kappa shape index (κ3) is 4.94. The monoisotopic (exact) mass is 422 g/mol. The van der Waals surface area contributed by atoms with Crippen LogP contribution >= 0.6 is 0 Å². The zero-order chi connectivity index (χ0) is 21.8. The summed E-state index contributed by atoms with van der Waals surface area (Å²) in [4.78, 5) is 12.6. The largest absolute Gasteiger partial charge is 0.493 e. The summed E-state index contributed by atoms with van der Waals surface area (Å²) in [5.41, 5.74) is 3.10. The van der Waals surface area contributed by atoms with Crippen molar-refractivity contribution in [1.82, 2.24) is 15.1 Å². The lowest BCUT2D eigenvalue weighted by molar-refractivity contribution is 0.102. The third-order valence-electron chi connectivity index (χ3n) is 5.65. The van der Waals surface area contributed by atoms with Crippen molar-refractivity contribution in [2.45, 2.75) is 32.2 Å². The number of hydrogen-bond acceptors (Lipinski definition) is 4. The third-order valence-corrected chi connectivity index (χ3v) is 5.65. The summed E-state index contributed by atoms with van der Waals surface area (Å²) in [5, 5.41) is 10.6. The van der Waals surface area contributed by atoms with E-state index in [1.54, 1.807) is 36.0 Å². The van der Waals surface area contributed by atoms with E-state index in [2.05, 4.69) is 15.7 Å². The molecular formula is C24H27FN4O2. The lowest BCUT2D eigenvalue weighted by atomic mass is 10.1. The first-order chi connectivity index (χ1) is 15.0. The first kappa shape index (κ1) is 21.1. The molecule has 1 aliphatic heterocycles. The molecule has 0 saturated carbocycles. The van der Waals surface area contributed by atoms with Gasteiger partial charge in [-0.2, -0.15) is 5.10 Å². The molecule has 2 aromatic carbocycles. The number of amides is 1. The summed E-state index contributed by atoms with van der Waals surface area (Å²) in [6, 6.07) is 12.4. The molecule has 1 saturated heterocycles. The van der Waals surface area contributed by atoms with Crippen molar-refractivity contribution in [2.24, 2.45) is 7.05 Å². The van der Waals surface area contributed by atoms with Gasteiger partial charge in [0.25, 0.3) is 5.91 Å². The zero-order valence-corrected chi connectivity index (χ0v) is 17.8. The molecule has 0 aliphatic carbocycles. The molecule has 1 amide bonds. The first-order valence-electron chi connectivity index (χ1n) is 10.6. The minimum absolute atomic E-state index is 0.273. The predicted octanol–water partition coefficient (Wildman–Crippen LogP) is 4.31. The Labute approximate surface area is 181 Å². The fourth-order valence-corrected chi connectivity index (χ4v) is 3.82. The fourth-order valence-electron chi connectivity index (χ4n) is 3.82. The number of rotatable bonds is 7. The maximum atomic E-state index is 13.8. The number of halogens is 1. The number of nitrogens with one attached hydrogen (secondary N) is 2. The molecule has 4 rings (SSSR count). The number of carbonyl (C=O) groups excluding carboxylic acids is 1. The van der Waals surface area contributed by atoms with Crippen molar-refractivity contribution in [1.29, 1.82) is 0 Å². The van der Waals surface area contributed by atoms with E-state index in [9.17, 15) is 9.18 Å². The molecule has 162 valence electrons. The van der Waals surface area contributed by atoms with Crippen molar-refractivity contribution in [2.75, 3.05) is 18.5 Å². The van der Waals surface area contributed by atoms with Gasteiger partial charge in [0.15, 0.2) is 0 Å². The van der Waals surface area contributed by atoms with Crippen LogP contribution in [0.15, 0.2) is 48.7 Å². The quantitative estimate of drug-likeness (QED) is 0.596. The molecule has 0 spiro atoms. The van der Waals surface area contributed by atoms with Gasteiger partial charge in [-0.3, -0.25) is 9.48 Å².